The van der Waals surface area contributed by atoms with Gasteiger partial charge in [0.15, 0.2) is 45.1 Å². The molecule has 0 aliphatic heterocycles. The van der Waals surface area contributed by atoms with E-state index in [1.807, 2.05) is 0 Å². The van der Waals surface area contributed by atoms with Crippen LogP contribution in [0.4, 0.5) is 0 Å². The molecule has 0 fully saturated rings. The van der Waals surface area contributed by atoms with Gasteiger partial charge in [0.1, 0.15) is 5.78 Å². The van der Waals surface area contributed by atoms with Crippen molar-refractivity contribution < 1.29 is 30.0 Å². The highest BCUT2D eigenvalue weighted by Crippen LogP contribution is 2.25. The van der Waals surface area contributed by atoms with Crippen LogP contribution in [0.2, 0.25) is 0 Å². The van der Waals surface area contributed by atoms with E-state index < -0.39 is 0 Å². The Hall–Kier alpha value is -2.75. The largest absolute Gasteiger partial charge is 0.504 e. The van der Waals surface area contributed by atoms with Crippen molar-refractivity contribution in [2.24, 2.45) is 0 Å². The third kappa shape index (κ3) is 5.38. The van der Waals surface area contributed by atoms with Gasteiger partial charge < -0.3 is 20.4 Å². The van der Waals surface area contributed by atoms with Gasteiger partial charge in [0.05, 0.1) is 6.42 Å². The van der Waals surface area contributed by atoms with Crippen LogP contribution >= 0.6 is 0 Å². The van der Waals surface area contributed by atoms with Crippen LogP contribution in [-0.4, -0.2) is 48.3 Å². The molecule has 2 aromatic rings. The minimum atomic E-state index is -0.375. The number of aryl methyl sites for hydroxylation is 1. The maximum absolute atomic E-state index is 11.9. The molecule has 0 unspecified atom stereocenters. The van der Waals surface area contributed by atoms with Crippen LogP contribution in [-0.2, 0) is 16.0 Å². The predicted molar refractivity (Wildman–Crippen MR) is 96.9 cm³/mol. The molecule has 0 saturated carbocycles. The number of ketones is 2. The normalized spacial score (nSPS) is 10.9. The van der Waals surface area contributed by atoms with E-state index in [4.69, 9.17) is 0 Å². The maximum atomic E-state index is 11.9. The van der Waals surface area contributed by atoms with Crippen LogP contribution in [0, 0.1) is 0 Å². The van der Waals surface area contributed by atoms with Gasteiger partial charge in [0.2, 0.25) is 0 Å². The molecule has 0 aromatic heterocycles. The second-order valence-electron chi connectivity index (χ2n) is 5.81. The van der Waals surface area contributed by atoms with Crippen LogP contribution in [0.1, 0.15) is 24.0 Å². The number of carbonyl (C=O) groups is 2. The van der Waals surface area contributed by atoms with Crippen molar-refractivity contribution >= 4 is 38.4 Å². The van der Waals surface area contributed by atoms with E-state index in [2.05, 4.69) is 16.3 Å². The van der Waals surface area contributed by atoms with Crippen LogP contribution < -0.4 is 4.43 Å². The third-order valence-corrected chi connectivity index (χ3v) is 4.23. The minimum absolute atomic E-state index is 0.138. The van der Waals surface area contributed by atoms with Crippen molar-refractivity contribution in [3.8, 4) is 23.0 Å². The van der Waals surface area contributed by atoms with E-state index >= 15 is 0 Å². The number of carbonyl (C=O) groups excluding carboxylic acids is 2. The van der Waals surface area contributed by atoms with Gasteiger partial charge in [0, 0.05) is 6.42 Å². The Kier molecular flexibility index (Phi) is 6.45. The van der Waals surface area contributed by atoms with Crippen LogP contribution in [0.15, 0.2) is 36.4 Å². The van der Waals surface area contributed by atoms with Crippen LogP contribution in [0.25, 0.3) is 6.08 Å². The first kappa shape index (κ1) is 19.6. The van der Waals surface area contributed by atoms with Crippen molar-refractivity contribution in [3.05, 3.63) is 47.5 Å². The molecule has 0 atom stereocenters. The topological polar surface area (TPSA) is 115 Å². The maximum Gasteiger partial charge on any atom is 0.176 e. The number of rotatable bonds is 7. The fourth-order valence-corrected chi connectivity index (χ4v) is 2.62. The van der Waals surface area contributed by atoms with E-state index in [-0.39, 0.29) is 47.4 Å². The molecule has 2 rings (SSSR count). The Labute approximate surface area is 158 Å². The summed E-state index contributed by atoms with van der Waals surface area (Å²) in [6, 6.07) is 6.99. The summed E-state index contributed by atoms with van der Waals surface area (Å²) in [4.78, 5) is 23.8. The Morgan fingerprint density at radius 2 is 1.58 bits per heavy atom. The van der Waals surface area contributed by atoms with E-state index in [1.165, 1.54) is 36.4 Å². The molecule has 0 bridgehead atoms. The van der Waals surface area contributed by atoms with Crippen molar-refractivity contribution in [1.29, 1.82) is 0 Å². The number of allylic oxidation sites excluding steroid dienone is 1. The summed E-state index contributed by atoms with van der Waals surface area (Å²) in [5.74, 6) is -1.65. The second kappa shape index (κ2) is 8.57. The van der Waals surface area contributed by atoms with Crippen molar-refractivity contribution in [2.75, 3.05) is 0 Å². The Morgan fingerprint density at radius 3 is 2.27 bits per heavy atom. The summed E-state index contributed by atoms with van der Waals surface area (Å²) in [6.45, 7) is 0. The first-order valence-corrected chi connectivity index (χ1v) is 8.39. The zero-order valence-corrected chi connectivity index (χ0v) is 15.0. The van der Waals surface area contributed by atoms with Gasteiger partial charge in [-0.1, -0.05) is 12.1 Å². The summed E-state index contributed by atoms with van der Waals surface area (Å²) in [5, 5.41) is 37.5. The van der Waals surface area contributed by atoms with Gasteiger partial charge in [0.25, 0.3) is 0 Å². The molecule has 0 saturated heterocycles. The molecule has 0 amide bonds. The van der Waals surface area contributed by atoms with E-state index in [0.29, 0.717) is 22.0 Å². The van der Waals surface area contributed by atoms with Gasteiger partial charge in [-0.15, -0.1) is 4.43 Å². The molecule has 2 aromatic carbocycles. The van der Waals surface area contributed by atoms with Gasteiger partial charge in [-0.3, -0.25) is 9.59 Å². The molecule has 0 aliphatic rings. The number of phenolic OH excluding ortho intramolecular Hbond substituents is 4. The fourth-order valence-electron chi connectivity index (χ4n) is 2.29. The number of phenols is 4. The quantitative estimate of drug-likeness (QED) is 0.255. The second-order valence-corrected chi connectivity index (χ2v) is 6.43. The zero-order chi connectivity index (χ0) is 19.3. The average Bonchev–Trinajstić information content (AvgIpc) is 2.58. The van der Waals surface area contributed by atoms with E-state index in [1.54, 1.807) is 6.07 Å². The molecule has 7 heteroatoms. The predicted octanol–water partition coefficient (Wildman–Crippen LogP) is 1.48. The van der Waals surface area contributed by atoms with Crippen molar-refractivity contribution in [3.63, 3.8) is 0 Å². The highest BCUT2D eigenvalue weighted by atomic mass is 27.0. The summed E-state index contributed by atoms with van der Waals surface area (Å²) >= 11 is 2.38. The number of Topliss-reactive ketones (excluding diaryl/α,β-unsaturated/α-hetero) is 1. The lowest BCUT2D eigenvalue weighted by Crippen LogP contribution is -2.08. The van der Waals surface area contributed by atoms with Gasteiger partial charge in [-0.2, -0.15) is 0 Å². The van der Waals surface area contributed by atoms with E-state index in [9.17, 15) is 30.0 Å². The standard InChI is InChI=1S/C19H17O6.Al/c20-14(5-1-12-3-7-16(22)18(24)9-12)11-15(21)6-2-13-4-8-17(23)19(25)10-13;/h1,4-5,7-10,22-25H,2,6,11H2;/b5-1+;. The molecule has 2 radical (unpaired) electrons. The van der Waals surface area contributed by atoms with Gasteiger partial charge >= 0.3 is 0 Å². The minimum Gasteiger partial charge on any atom is -0.504 e. The van der Waals surface area contributed by atoms with Gasteiger partial charge in [-0.05, 0) is 47.9 Å². The first-order chi connectivity index (χ1) is 12.3. The third-order valence-electron chi connectivity index (χ3n) is 3.73. The van der Waals surface area contributed by atoms with Crippen LogP contribution in [0.3, 0.4) is 0 Å². The molecule has 132 valence electrons. The Bertz CT molecular complexity index is 873. The highest BCUT2D eigenvalue weighted by molar-refractivity contribution is 6.34. The lowest BCUT2D eigenvalue weighted by Gasteiger charge is -2.05. The van der Waals surface area contributed by atoms with Crippen molar-refractivity contribution in [2.45, 2.75) is 19.3 Å². The Morgan fingerprint density at radius 1 is 0.923 bits per heavy atom. The summed E-state index contributed by atoms with van der Waals surface area (Å²) in [7, 11) is 0. The SMILES string of the molecule is O=C(/C=C/c1cc(O)c(O)c[c]1[Al])CC(=O)CCc1ccc(O)c(O)c1. The summed E-state index contributed by atoms with van der Waals surface area (Å²) in [6.07, 6.45) is 2.96. The van der Waals surface area contributed by atoms with E-state index in [0.717, 1.165) is 0 Å². The molecule has 26 heavy (non-hydrogen) atoms. The lowest BCUT2D eigenvalue weighted by molar-refractivity contribution is -0.124. The van der Waals surface area contributed by atoms with Gasteiger partial charge in [-0.25, -0.2) is 0 Å². The fraction of sp³-hybridized carbons (Fsp3) is 0.158. The number of hydrogen-bond donors (Lipinski definition) is 4. The average molecular weight is 368 g/mol. The molecular weight excluding hydrogens is 351 g/mol. The smallest absolute Gasteiger partial charge is 0.176 e. The molecule has 0 heterocycles. The monoisotopic (exact) mass is 368 g/mol. The molecule has 0 spiro atoms. The van der Waals surface area contributed by atoms with Crippen LogP contribution in [0.5, 0.6) is 23.0 Å². The number of aromatic hydroxyl groups is 4. The first-order valence-electron chi connectivity index (χ1n) is 7.81. The lowest BCUT2D eigenvalue weighted by atomic mass is 10.0. The Balaban J connectivity index is 1.89. The molecular formula is C19H17AlO6. The number of benzene rings is 2. The summed E-state index contributed by atoms with van der Waals surface area (Å²) < 4.78 is 0.600. The summed E-state index contributed by atoms with van der Waals surface area (Å²) in [5.41, 5.74) is 1.22. The van der Waals surface area contributed by atoms with Crippen molar-refractivity contribution in [1.82, 2.24) is 0 Å². The molecule has 6 nitrogen and oxygen atoms in total. The number of hydrogen-bond acceptors (Lipinski definition) is 6. The molecule has 0 aliphatic carbocycles. The molecule has 4 N–H and O–H groups in total. The zero-order valence-electron chi connectivity index (χ0n) is 13.8. The highest BCUT2D eigenvalue weighted by Gasteiger charge is 2.09.